The molecule has 0 saturated heterocycles. The van der Waals surface area contributed by atoms with Crippen LogP contribution in [-0.4, -0.2) is 17.4 Å². The first-order valence-electron chi connectivity index (χ1n) is 8.10. The number of rotatable bonds is 6. The summed E-state index contributed by atoms with van der Waals surface area (Å²) in [7, 11) is 0. The van der Waals surface area contributed by atoms with Crippen LogP contribution in [0.15, 0.2) is 53.3 Å². The molecule has 1 aromatic carbocycles. The van der Waals surface area contributed by atoms with Gasteiger partial charge in [-0.05, 0) is 48.6 Å². The molecule has 1 aliphatic rings. The van der Waals surface area contributed by atoms with Crippen molar-refractivity contribution in [3.05, 3.63) is 64.4 Å². The van der Waals surface area contributed by atoms with Gasteiger partial charge in [0.15, 0.2) is 0 Å². The van der Waals surface area contributed by atoms with Crippen LogP contribution in [-0.2, 0) is 16.6 Å². The predicted molar refractivity (Wildman–Crippen MR) is 95.2 cm³/mol. The zero-order valence-electron chi connectivity index (χ0n) is 13.1. The Labute approximate surface area is 145 Å². The third-order valence-electron chi connectivity index (χ3n) is 4.74. The number of amides is 1. The standard InChI is InChI=1S/C19H21BrN2O/c20-17-6-1-5-16(12-17)19(9-3-10-19)14-22-18(23)8-7-15-4-2-11-21-13-15/h1-2,4-6,11-13H,3,7-10,14H2,(H,22,23). The van der Waals surface area contributed by atoms with E-state index >= 15 is 0 Å². The quantitative estimate of drug-likeness (QED) is 0.831. The summed E-state index contributed by atoms with van der Waals surface area (Å²) >= 11 is 3.55. The first kappa shape index (κ1) is 16.2. The molecular formula is C19H21BrN2O. The van der Waals surface area contributed by atoms with Gasteiger partial charge in [-0.2, -0.15) is 0 Å². The van der Waals surface area contributed by atoms with Gasteiger partial charge >= 0.3 is 0 Å². The van der Waals surface area contributed by atoms with Crippen molar-refractivity contribution in [3.63, 3.8) is 0 Å². The highest BCUT2D eigenvalue weighted by molar-refractivity contribution is 9.10. The lowest BCUT2D eigenvalue weighted by Gasteiger charge is -2.42. The van der Waals surface area contributed by atoms with E-state index in [1.165, 1.54) is 12.0 Å². The highest BCUT2D eigenvalue weighted by Crippen LogP contribution is 2.43. The van der Waals surface area contributed by atoms with Crippen molar-refractivity contribution in [1.29, 1.82) is 0 Å². The molecule has 4 heteroatoms. The first-order valence-corrected chi connectivity index (χ1v) is 8.89. The molecule has 0 aliphatic heterocycles. The van der Waals surface area contributed by atoms with E-state index in [0.29, 0.717) is 6.42 Å². The van der Waals surface area contributed by atoms with Crippen molar-refractivity contribution in [2.45, 2.75) is 37.5 Å². The highest BCUT2D eigenvalue weighted by Gasteiger charge is 2.38. The first-order chi connectivity index (χ1) is 11.2. The fraction of sp³-hybridized carbons (Fsp3) is 0.368. The van der Waals surface area contributed by atoms with Crippen molar-refractivity contribution in [3.8, 4) is 0 Å². The molecule has 2 aromatic rings. The molecule has 0 atom stereocenters. The third kappa shape index (κ3) is 3.99. The number of hydrogen-bond donors (Lipinski definition) is 1. The van der Waals surface area contributed by atoms with Crippen LogP contribution in [0.25, 0.3) is 0 Å². The Hall–Kier alpha value is -1.68. The Morgan fingerprint density at radius 2 is 2.13 bits per heavy atom. The average molecular weight is 373 g/mol. The maximum atomic E-state index is 12.2. The number of pyridine rings is 1. The van der Waals surface area contributed by atoms with E-state index in [1.807, 2.05) is 24.4 Å². The Bertz CT molecular complexity index is 668. The topological polar surface area (TPSA) is 42.0 Å². The Morgan fingerprint density at radius 1 is 1.26 bits per heavy atom. The maximum Gasteiger partial charge on any atom is 0.220 e. The molecule has 0 unspecified atom stereocenters. The minimum absolute atomic E-state index is 0.119. The van der Waals surface area contributed by atoms with Crippen LogP contribution in [0.2, 0.25) is 0 Å². The second-order valence-corrected chi connectivity index (χ2v) is 7.20. The molecule has 1 aromatic heterocycles. The van der Waals surface area contributed by atoms with E-state index in [-0.39, 0.29) is 11.3 Å². The van der Waals surface area contributed by atoms with Crippen molar-refractivity contribution < 1.29 is 4.79 Å². The van der Waals surface area contributed by atoms with Gasteiger partial charge in [-0.25, -0.2) is 0 Å². The molecule has 1 amide bonds. The Morgan fingerprint density at radius 3 is 2.78 bits per heavy atom. The molecule has 0 radical (unpaired) electrons. The lowest BCUT2D eigenvalue weighted by molar-refractivity contribution is -0.121. The smallest absolute Gasteiger partial charge is 0.220 e. The molecule has 1 saturated carbocycles. The monoisotopic (exact) mass is 372 g/mol. The minimum Gasteiger partial charge on any atom is -0.355 e. The molecule has 23 heavy (non-hydrogen) atoms. The third-order valence-corrected chi connectivity index (χ3v) is 5.23. The van der Waals surface area contributed by atoms with Gasteiger partial charge < -0.3 is 5.32 Å². The fourth-order valence-electron chi connectivity index (χ4n) is 3.15. The van der Waals surface area contributed by atoms with E-state index in [9.17, 15) is 4.79 Å². The number of carbonyl (C=O) groups is 1. The predicted octanol–water partition coefficient (Wildman–Crippen LogP) is 4.01. The molecule has 0 spiro atoms. The molecule has 3 nitrogen and oxygen atoms in total. The van der Waals surface area contributed by atoms with Crippen LogP contribution in [0.1, 0.15) is 36.8 Å². The van der Waals surface area contributed by atoms with Gasteiger partial charge in [0.25, 0.3) is 0 Å². The SMILES string of the molecule is O=C(CCc1cccnc1)NCC1(c2cccc(Br)c2)CCC1. The number of hydrogen-bond acceptors (Lipinski definition) is 2. The molecule has 0 bridgehead atoms. The highest BCUT2D eigenvalue weighted by atomic mass is 79.9. The van der Waals surface area contributed by atoms with Gasteiger partial charge in [0.2, 0.25) is 5.91 Å². The van der Waals surface area contributed by atoms with Crippen LogP contribution in [0.5, 0.6) is 0 Å². The summed E-state index contributed by atoms with van der Waals surface area (Å²) < 4.78 is 1.10. The molecule has 120 valence electrons. The summed E-state index contributed by atoms with van der Waals surface area (Å²) in [4.78, 5) is 16.2. The van der Waals surface area contributed by atoms with Gasteiger partial charge in [-0.3, -0.25) is 9.78 Å². The lowest BCUT2D eigenvalue weighted by Crippen LogP contribution is -2.45. The molecular weight excluding hydrogens is 352 g/mol. The number of nitrogens with one attached hydrogen (secondary N) is 1. The summed E-state index contributed by atoms with van der Waals surface area (Å²) in [6.45, 7) is 0.731. The van der Waals surface area contributed by atoms with Crippen molar-refractivity contribution in [1.82, 2.24) is 10.3 Å². The summed E-state index contributed by atoms with van der Waals surface area (Å²) in [5, 5.41) is 3.14. The zero-order valence-corrected chi connectivity index (χ0v) is 14.7. The van der Waals surface area contributed by atoms with Gasteiger partial charge in [0.1, 0.15) is 0 Å². The largest absolute Gasteiger partial charge is 0.355 e. The van der Waals surface area contributed by atoms with Gasteiger partial charge in [0, 0.05) is 35.2 Å². The van der Waals surface area contributed by atoms with E-state index < -0.39 is 0 Å². The molecule has 3 rings (SSSR count). The van der Waals surface area contributed by atoms with Crippen LogP contribution in [0, 0.1) is 0 Å². The Kier molecular flexibility index (Phi) is 5.11. The van der Waals surface area contributed by atoms with Gasteiger partial charge in [-0.15, -0.1) is 0 Å². The van der Waals surface area contributed by atoms with E-state index in [1.54, 1.807) is 6.20 Å². The average Bonchev–Trinajstić information content (AvgIpc) is 2.53. The number of halogens is 1. The maximum absolute atomic E-state index is 12.2. The molecule has 1 heterocycles. The van der Waals surface area contributed by atoms with Gasteiger partial charge in [-0.1, -0.05) is 40.5 Å². The van der Waals surface area contributed by atoms with E-state index in [2.05, 4.69) is 44.4 Å². The summed E-state index contributed by atoms with van der Waals surface area (Å²) in [6.07, 6.45) is 8.35. The number of carbonyl (C=O) groups excluding carboxylic acids is 1. The number of benzene rings is 1. The number of aromatic nitrogens is 1. The summed E-state index contributed by atoms with van der Waals surface area (Å²) in [5.74, 6) is 0.120. The summed E-state index contributed by atoms with van der Waals surface area (Å²) in [6, 6.07) is 12.4. The Balaban J connectivity index is 1.55. The minimum atomic E-state index is 0.119. The van der Waals surface area contributed by atoms with Crippen LogP contribution < -0.4 is 5.32 Å². The number of nitrogens with zero attached hydrogens (tertiary/aromatic N) is 1. The van der Waals surface area contributed by atoms with Crippen molar-refractivity contribution >= 4 is 21.8 Å². The van der Waals surface area contributed by atoms with Crippen molar-refractivity contribution in [2.24, 2.45) is 0 Å². The fourth-order valence-corrected chi connectivity index (χ4v) is 3.55. The summed E-state index contributed by atoms with van der Waals surface area (Å²) in [5.41, 5.74) is 2.55. The zero-order chi connectivity index (χ0) is 16.1. The molecule has 1 aliphatic carbocycles. The molecule has 1 N–H and O–H groups in total. The van der Waals surface area contributed by atoms with Crippen LogP contribution in [0.3, 0.4) is 0 Å². The normalized spacial score (nSPS) is 15.7. The van der Waals surface area contributed by atoms with E-state index in [4.69, 9.17) is 0 Å². The number of aryl methyl sites for hydroxylation is 1. The van der Waals surface area contributed by atoms with E-state index in [0.717, 1.165) is 35.8 Å². The molecule has 1 fully saturated rings. The second kappa shape index (κ2) is 7.26. The van der Waals surface area contributed by atoms with Crippen LogP contribution in [0.4, 0.5) is 0 Å². The lowest BCUT2D eigenvalue weighted by atomic mass is 9.64. The van der Waals surface area contributed by atoms with Crippen LogP contribution >= 0.6 is 15.9 Å². The second-order valence-electron chi connectivity index (χ2n) is 6.28. The van der Waals surface area contributed by atoms with Crippen molar-refractivity contribution in [2.75, 3.05) is 6.54 Å². The van der Waals surface area contributed by atoms with Gasteiger partial charge in [0.05, 0.1) is 0 Å².